The van der Waals surface area contributed by atoms with Crippen LogP contribution in [0.4, 0.5) is 0 Å². The van der Waals surface area contributed by atoms with Crippen LogP contribution in [-0.4, -0.2) is 34.6 Å². The molecule has 1 N–H and O–H groups in total. The van der Waals surface area contributed by atoms with E-state index in [1.165, 1.54) is 19.3 Å². The quantitative estimate of drug-likeness (QED) is 0.777. The minimum Gasteiger partial charge on any atom is -0.481 e. The zero-order chi connectivity index (χ0) is 10.8. The molecule has 0 aromatic heterocycles. The lowest BCUT2D eigenvalue weighted by molar-refractivity contribution is -0.143. The summed E-state index contributed by atoms with van der Waals surface area (Å²) in [6.07, 6.45) is 6.75. The van der Waals surface area contributed by atoms with Gasteiger partial charge in [0, 0.05) is 12.1 Å². The van der Waals surface area contributed by atoms with Gasteiger partial charge < -0.3 is 5.11 Å². The Bertz CT molecular complexity index is 242. The summed E-state index contributed by atoms with van der Waals surface area (Å²) in [5, 5.41) is 9.18. The van der Waals surface area contributed by atoms with E-state index >= 15 is 0 Å². The summed E-state index contributed by atoms with van der Waals surface area (Å²) in [6.45, 7) is 3.33. The van der Waals surface area contributed by atoms with Gasteiger partial charge in [0.05, 0.1) is 5.92 Å². The van der Waals surface area contributed by atoms with Crippen molar-refractivity contribution in [2.75, 3.05) is 6.54 Å². The van der Waals surface area contributed by atoms with E-state index in [9.17, 15) is 9.90 Å². The fraction of sp³-hybridized carbons (Fsp3) is 0.917. The summed E-state index contributed by atoms with van der Waals surface area (Å²) in [6, 6.07) is 0.977. The molecule has 0 aromatic rings. The van der Waals surface area contributed by atoms with E-state index in [4.69, 9.17) is 0 Å². The van der Waals surface area contributed by atoms with Gasteiger partial charge >= 0.3 is 5.97 Å². The van der Waals surface area contributed by atoms with E-state index in [1.807, 2.05) is 0 Å². The van der Waals surface area contributed by atoms with Gasteiger partial charge in [0.15, 0.2) is 0 Å². The second kappa shape index (κ2) is 4.52. The summed E-state index contributed by atoms with van der Waals surface area (Å²) < 4.78 is 0. The molecule has 3 unspecified atom stereocenters. The van der Waals surface area contributed by atoms with E-state index in [1.54, 1.807) is 0 Å². The Labute approximate surface area is 91.5 Å². The van der Waals surface area contributed by atoms with Gasteiger partial charge in [-0.1, -0.05) is 13.3 Å². The zero-order valence-electron chi connectivity index (χ0n) is 9.48. The van der Waals surface area contributed by atoms with Crippen LogP contribution in [0.25, 0.3) is 0 Å². The maximum absolute atomic E-state index is 11.1. The van der Waals surface area contributed by atoms with Crippen molar-refractivity contribution in [2.24, 2.45) is 5.92 Å². The number of rotatable bonds is 3. The van der Waals surface area contributed by atoms with E-state index in [0.717, 1.165) is 25.8 Å². The number of aliphatic carboxylic acids is 1. The number of carboxylic acid groups (broad SMARTS) is 1. The Balaban J connectivity index is 2.05. The predicted octanol–water partition coefficient (Wildman–Crippen LogP) is 2.11. The number of hydrogen-bond acceptors (Lipinski definition) is 2. The largest absolute Gasteiger partial charge is 0.481 e. The van der Waals surface area contributed by atoms with Crippen LogP contribution in [0.1, 0.15) is 45.4 Å². The van der Waals surface area contributed by atoms with Crippen molar-refractivity contribution < 1.29 is 9.90 Å². The third kappa shape index (κ3) is 2.03. The smallest absolute Gasteiger partial charge is 0.308 e. The molecule has 0 bridgehead atoms. The van der Waals surface area contributed by atoms with Crippen LogP contribution in [0.3, 0.4) is 0 Å². The first-order chi connectivity index (χ1) is 7.24. The lowest BCUT2D eigenvalue weighted by Gasteiger charge is -2.32. The molecule has 2 aliphatic rings. The first-order valence-electron chi connectivity index (χ1n) is 6.22. The van der Waals surface area contributed by atoms with Gasteiger partial charge in [-0.3, -0.25) is 9.69 Å². The van der Waals surface area contributed by atoms with Gasteiger partial charge in [0.25, 0.3) is 0 Å². The fourth-order valence-corrected chi connectivity index (χ4v) is 3.36. The van der Waals surface area contributed by atoms with Crippen LogP contribution < -0.4 is 0 Å². The maximum atomic E-state index is 11.1. The molecule has 2 fully saturated rings. The minimum atomic E-state index is -0.584. The van der Waals surface area contributed by atoms with Gasteiger partial charge in [-0.05, 0) is 38.6 Å². The highest BCUT2D eigenvalue weighted by Crippen LogP contribution is 2.35. The lowest BCUT2D eigenvalue weighted by Crippen LogP contribution is -2.43. The number of carbonyl (C=O) groups is 1. The van der Waals surface area contributed by atoms with Gasteiger partial charge in [-0.25, -0.2) is 0 Å². The maximum Gasteiger partial charge on any atom is 0.308 e. The summed E-state index contributed by atoms with van der Waals surface area (Å²) in [5.41, 5.74) is 0. The van der Waals surface area contributed by atoms with Gasteiger partial charge in [-0.15, -0.1) is 0 Å². The molecule has 1 saturated heterocycles. The van der Waals surface area contributed by atoms with Crippen LogP contribution in [-0.2, 0) is 4.79 Å². The van der Waals surface area contributed by atoms with Crippen molar-refractivity contribution in [3.05, 3.63) is 0 Å². The summed E-state index contributed by atoms with van der Waals surface area (Å²) in [5.74, 6) is -0.684. The fourth-order valence-electron chi connectivity index (χ4n) is 3.36. The average Bonchev–Trinajstić information content (AvgIpc) is 2.85. The van der Waals surface area contributed by atoms with E-state index in [0.29, 0.717) is 12.1 Å². The Morgan fingerprint density at radius 2 is 2.13 bits per heavy atom. The van der Waals surface area contributed by atoms with E-state index in [-0.39, 0.29) is 5.92 Å². The third-order valence-electron chi connectivity index (χ3n) is 4.12. The van der Waals surface area contributed by atoms with E-state index < -0.39 is 5.97 Å². The van der Waals surface area contributed by atoms with Gasteiger partial charge in [0.1, 0.15) is 0 Å². The summed E-state index contributed by atoms with van der Waals surface area (Å²) in [7, 11) is 0. The van der Waals surface area contributed by atoms with Crippen LogP contribution in [0.15, 0.2) is 0 Å². The Kier molecular flexibility index (Phi) is 3.29. The molecule has 3 atom stereocenters. The number of likely N-dealkylation sites (tertiary alicyclic amines) is 1. The Hall–Kier alpha value is -0.570. The van der Waals surface area contributed by atoms with Crippen LogP contribution in [0, 0.1) is 5.92 Å². The molecule has 3 nitrogen and oxygen atoms in total. The molecule has 3 heteroatoms. The molecular formula is C12H21NO2. The van der Waals surface area contributed by atoms with Crippen LogP contribution in [0.5, 0.6) is 0 Å². The molecule has 86 valence electrons. The van der Waals surface area contributed by atoms with Crippen molar-refractivity contribution in [1.29, 1.82) is 0 Å². The normalized spacial score (nSPS) is 37.3. The minimum absolute atomic E-state index is 0.0999. The SMILES string of the molecule is CCC1CCCN1C1CCCC1C(=O)O. The Morgan fingerprint density at radius 1 is 1.33 bits per heavy atom. The van der Waals surface area contributed by atoms with Crippen molar-refractivity contribution in [3.63, 3.8) is 0 Å². The molecular weight excluding hydrogens is 190 g/mol. The predicted molar refractivity (Wildman–Crippen MR) is 58.8 cm³/mol. The van der Waals surface area contributed by atoms with Crippen LogP contribution in [0.2, 0.25) is 0 Å². The number of nitrogens with zero attached hydrogens (tertiary/aromatic N) is 1. The molecule has 1 heterocycles. The molecule has 1 saturated carbocycles. The standard InChI is InChI=1S/C12H21NO2/c1-2-9-5-4-8-13(9)11-7-3-6-10(11)12(14)15/h9-11H,2-8H2,1H3,(H,14,15). The molecule has 2 rings (SSSR count). The van der Waals surface area contributed by atoms with E-state index in [2.05, 4.69) is 11.8 Å². The lowest BCUT2D eigenvalue weighted by atomic mass is 10.0. The molecule has 0 aromatic carbocycles. The molecule has 0 spiro atoms. The molecule has 0 amide bonds. The highest BCUT2D eigenvalue weighted by Gasteiger charge is 2.40. The summed E-state index contributed by atoms with van der Waals surface area (Å²) in [4.78, 5) is 13.6. The second-order valence-corrected chi connectivity index (χ2v) is 4.89. The highest BCUT2D eigenvalue weighted by atomic mass is 16.4. The number of carboxylic acids is 1. The molecule has 1 aliphatic carbocycles. The average molecular weight is 211 g/mol. The third-order valence-corrected chi connectivity index (χ3v) is 4.12. The first-order valence-corrected chi connectivity index (χ1v) is 6.22. The van der Waals surface area contributed by atoms with Crippen molar-refractivity contribution in [1.82, 2.24) is 4.90 Å². The molecule has 15 heavy (non-hydrogen) atoms. The first kappa shape index (κ1) is 10.9. The number of hydrogen-bond donors (Lipinski definition) is 1. The zero-order valence-corrected chi connectivity index (χ0v) is 9.48. The van der Waals surface area contributed by atoms with Gasteiger partial charge in [0.2, 0.25) is 0 Å². The second-order valence-electron chi connectivity index (χ2n) is 4.89. The van der Waals surface area contributed by atoms with Crippen molar-refractivity contribution in [3.8, 4) is 0 Å². The van der Waals surface area contributed by atoms with Crippen LogP contribution >= 0.6 is 0 Å². The highest BCUT2D eigenvalue weighted by molar-refractivity contribution is 5.71. The van der Waals surface area contributed by atoms with Crippen molar-refractivity contribution in [2.45, 2.75) is 57.5 Å². The van der Waals surface area contributed by atoms with Gasteiger partial charge in [-0.2, -0.15) is 0 Å². The monoisotopic (exact) mass is 211 g/mol. The molecule has 1 aliphatic heterocycles. The van der Waals surface area contributed by atoms with Crippen molar-refractivity contribution >= 4 is 5.97 Å². The topological polar surface area (TPSA) is 40.5 Å². The summed E-state index contributed by atoms with van der Waals surface area (Å²) >= 11 is 0. The molecule has 0 radical (unpaired) electrons. The Morgan fingerprint density at radius 3 is 2.80 bits per heavy atom.